The predicted molar refractivity (Wildman–Crippen MR) is 88.1 cm³/mol. The summed E-state index contributed by atoms with van der Waals surface area (Å²) in [6.07, 6.45) is 4.00. The monoisotopic (exact) mass is 297 g/mol. The third kappa shape index (κ3) is 2.76. The fraction of sp³-hybridized carbons (Fsp3) is 0.118. The highest BCUT2D eigenvalue weighted by molar-refractivity contribution is 7.19. The average Bonchev–Trinajstić information content (AvgIpc) is 2.95. The zero-order valence-electron chi connectivity index (χ0n) is 11.9. The molecule has 21 heavy (non-hydrogen) atoms. The molecule has 2 aromatic carbocycles. The second kappa shape index (κ2) is 5.97. The number of methoxy groups -OCH3 is 2. The van der Waals surface area contributed by atoms with Crippen molar-refractivity contribution >= 4 is 33.7 Å². The van der Waals surface area contributed by atoms with Crippen molar-refractivity contribution in [3.05, 3.63) is 53.0 Å². The van der Waals surface area contributed by atoms with E-state index in [1.54, 1.807) is 25.6 Å². The highest BCUT2D eigenvalue weighted by Crippen LogP contribution is 2.32. The van der Waals surface area contributed by atoms with Crippen LogP contribution in [-0.4, -0.2) is 19.2 Å². The predicted octanol–water partition coefficient (Wildman–Crippen LogP) is 4.48. The Morgan fingerprint density at radius 3 is 2.57 bits per heavy atom. The van der Waals surface area contributed by atoms with Crippen molar-refractivity contribution in [2.75, 3.05) is 14.2 Å². The normalized spacial score (nSPS) is 11.1. The summed E-state index contributed by atoms with van der Waals surface area (Å²) in [5, 5.41) is 0.973. The fourth-order valence-corrected chi connectivity index (χ4v) is 3.04. The second-order valence-corrected chi connectivity index (χ2v) is 5.50. The summed E-state index contributed by atoms with van der Waals surface area (Å²) >= 11 is 1.67. The largest absolute Gasteiger partial charge is 0.493 e. The van der Waals surface area contributed by atoms with Gasteiger partial charge in [0.2, 0.25) is 0 Å². The molecule has 0 N–H and O–H groups in total. The number of hydrogen-bond acceptors (Lipinski definition) is 4. The molecule has 0 radical (unpaired) electrons. The van der Waals surface area contributed by atoms with Crippen molar-refractivity contribution in [2.24, 2.45) is 0 Å². The molecule has 106 valence electrons. The smallest absolute Gasteiger partial charge is 0.167 e. The Kier molecular flexibility index (Phi) is 3.88. The van der Waals surface area contributed by atoms with Crippen LogP contribution in [0.15, 0.2) is 42.5 Å². The van der Waals surface area contributed by atoms with Gasteiger partial charge in [-0.3, -0.25) is 0 Å². The molecule has 1 heterocycles. The molecule has 0 spiro atoms. The van der Waals surface area contributed by atoms with E-state index in [2.05, 4.69) is 11.1 Å². The van der Waals surface area contributed by atoms with Gasteiger partial charge in [0.05, 0.1) is 24.4 Å². The van der Waals surface area contributed by atoms with E-state index in [1.807, 2.05) is 48.6 Å². The van der Waals surface area contributed by atoms with E-state index in [0.717, 1.165) is 27.6 Å². The number of nitrogens with zero attached hydrogens (tertiary/aromatic N) is 1. The van der Waals surface area contributed by atoms with E-state index in [-0.39, 0.29) is 0 Å². The summed E-state index contributed by atoms with van der Waals surface area (Å²) in [5.41, 5.74) is 2.00. The summed E-state index contributed by atoms with van der Waals surface area (Å²) < 4.78 is 11.9. The fourth-order valence-electron chi connectivity index (χ4n) is 2.17. The molecule has 0 bridgehead atoms. The molecule has 0 aliphatic carbocycles. The third-order valence-corrected chi connectivity index (χ3v) is 4.15. The molecular weight excluding hydrogens is 282 g/mol. The lowest BCUT2D eigenvalue weighted by Gasteiger charge is -2.09. The highest BCUT2D eigenvalue weighted by atomic mass is 32.1. The molecule has 0 unspecified atom stereocenters. The minimum atomic E-state index is 0.726. The van der Waals surface area contributed by atoms with Gasteiger partial charge in [-0.1, -0.05) is 24.3 Å². The highest BCUT2D eigenvalue weighted by Gasteiger charge is 2.07. The summed E-state index contributed by atoms with van der Waals surface area (Å²) in [6.45, 7) is 0. The maximum absolute atomic E-state index is 5.42. The molecule has 0 aliphatic heterocycles. The number of ether oxygens (including phenoxy) is 2. The van der Waals surface area contributed by atoms with E-state index >= 15 is 0 Å². The number of thiazole rings is 1. The molecule has 3 rings (SSSR count). The minimum absolute atomic E-state index is 0.726. The Balaban J connectivity index is 1.95. The standard InChI is InChI=1S/C17H15NO2S/c1-19-14-8-5-6-12(17(14)20-2)10-11-16-18-13-7-3-4-9-15(13)21-16/h3-11H,1-2H3/b11-10+. The lowest BCUT2D eigenvalue weighted by atomic mass is 10.1. The number of hydrogen-bond donors (Lipinski definition) is 0. The zero-order valence-corrected chi connectivity index (χ0v) is 12.7. The lowest BCUT2D eigenvalue weighted by Crippen LogP contribution is -1.92. The first kappa shape index (κ1) is 13.6. The number of fused-ring (bicyclic) bond motifs is 1. The molecule has 0 atom stereocenters. The minimum Gasteiger partial charge on any atom is -0.493 e. The Morgan fingerprint density at radius 2 is 1.81 bits per heavy atom. The third-order valence-electron chi connectivity index (χ3n) is 3.15. The first-order valence-electron chi connectivity index (χ1n) is 6.56. The van der Waals surface area contributed by atoms with Crippen LogP contribution < -0.4 is 9.47 Å². The van der Waals surface area contributed by atoms with Crippen LogP contribution in [0.1, 0.15) is 10.6 Å². The summed E-state index contributed by atoms with van der Waals surface area (Å²) in [7, 11) is 3.28. The van der Waals surface area contributed by atoms with Crippen molar-refractivity contribution in [1.82, 2.24) is 4.98 Å². The SMILES string of the molecule is COc1cccc(/C=C/c2nc3ccccc3s2)c1OC. The summed E-state index contributed by atoms with van der Waals surface area (Å²) in [6, 6.07) is 13.9. The average molecular weight is 297 g/mol. The Hall–Kier alpha value is -2.33. The molecule has 1 aromatic heterocycles. The van der Waals surface area contributed by atoms with Gasteiger partial charge in [0.1, 0.15) is 5.01 Å². The Labute approximate surface area is 127 Å². The van der Waals surface area contributed by atoms with E-state index in [1.165, 1.54) is 4.70 Å². The molecule has 0 aliphatic rings. The number of benzene rings is 2. The van der Waals surface area contributed by atoms with E-state index < -0.39 is 0 Å². The van der Waals surface area contributed by atoms with Crippen molar-refractivity contribution in [3.63, 3.8) is 0 Å². The summed E-state index contributed by atoms with van der Waals surface area (Å²) in [5.74, 6) is 1.46. The molecule has 0 saturated heterocycles. The van der Waals surface area contributed by atoms with Gasteiger partial charge in [-0.05, 0) is 30.4 Å². The molecular formula is C17H15NO2S. The van der Waals surface area contributed by atoms with Gasteiger partial charge in [0.15, 0.2) is 11.5 Å². The first-order valence-corrected chi connectivity index (χ1v) is 7.38. The van der Waals surface area contributed by atoms with Gasteiger partial charge in [0.25, 0.3) is 0 Å². The van der Waals surface area contributed by atoms with Crippen LogP contribution in [0.3, 0.4) is 0 Å². The zero-order chi connectivity index (χ0) is 14.7. The molecule has 0 saturated carbocycles. The molecule has 3 nitrogen and oxygen atoms in total. The quantitative estimate of drug-likeness (QED) is 0.711. The topological polar surface area (TPSA) is 31.4 Å². The maximum Gasteiger partial charge on any atom is 0.167 e. The van der Waals surface area contributed by atoms with E-state index in [4.69, 9.17) is 9.47 Å². The van der Waals surface area contributed by atoms with Gasteiger partial charge >= 0.3 is 0 Å². The van der Waals surface area contributed by atoms with Crippen LogP contribution in [0.4, 0.5) is 0 Å². The number of aromatic nitrogens is 1. The van der Waals surface area contributed by atoms with Crippen LogP contribution in [0.2, 0.25) is 0 Å². The Morgan fingerprint density at radius 1 is 0.952 bits per heavy atom. The van der Waals surface area contributed by atoms with Crippen molar-refractivity contribution in [3.8, 4) is 11.5 Å². The van der Waals surface area contributed by atoms with Crippen LogP contribution >= 0.6 is 11.3 Å². The first-order chi connectivity index (χ1) is 10.3. The van der Waals surface area contributed by atoms with Crippen LogP contribution in [0.5, 0.6) is 11.5 Å². The van der Waals surface area contributed by atoms with E-state index in [0.29, 0.717) is 0 Å². The van der Waals surface area contributed by atoms with Gasteiger partial charge in [0, 0.05) is 5.56 Å². The van der Waals surface area contributed by atoms with Gasteiger partial charge in [-0.25, -0.2) is 4.98 Å². The molecule has 4 heteroatoms. The molecule has 0 fully saturated rings. The van der Waals surface area contributed by atoms with Crippen molar-refractivity contribution in [1.29, 1.82) is 0 Å². The number of rotatable bonds is 4. The van der Waals surface area contributed by atoms with Crippen LogP contribution in [-0.2, 0) is 0 Å². The molecule has 0 amide bonds. The lowest BCUT2D eigenvalue weighted by molar-refractivity contribution is 0.354. The second-order valence-electron chi connectivity index (χ2n) is 4.44. The number of para-hydroxylation sites is 2. The molecule has 3 aromatic rings. The van der Waals surface area contributed by atoms with Crippen LogP contribution in [0, 0.1) is 0 Å². The van der Waals surface area contributed by atoms with Crippen molar-refractivity contribution in [2.45, 2.75) is 0 Å². The van der Waals surface area contributed by atoms with Crippen LogP contribution in [0.25, 0.3) is 22.4 Å². The van der Waals surface area contributed by atoms with Crippen molar-refractivity contribution < 1.29 is 9.47 Å². The maximum atomic E-state index is 5.42. The van der Waals surface area contributed by atoms with Gasteiger partial charge in [-0.15, -0.1) is 11.3 Å². The van der Waals surface area contributed by atoms with E-state index in [9.17, 15) is 0 Å². The van der Waals surface area contributed by atoms with Gasteiger partial charge < -0.3 is 9.47 Å². The van der Waals surface area contributed by atoms with Gasteiger partial charge in [-0.2, -0.15) is 0 Å². The Bertz CT molecular complexity index is 759. The summed E-state index contributed by atoms with van der Waals surface area (Å²) in [4.78, 5) is 4.59.